The van der Waals surface area contributed by atoms with Gasteiger partial charge in [0.2, 0.25) is 5.91 Å². The molecule has 0 aliphatic heterocycles. The summed E-state index contributed by atoms with van der Waals surface area (Å²) in [5, 5.41) is 11.5. The SMILES string of the molecule is CC(C)=CCNC(=O)C(C#N)C(C)C. The van der Waals surface area contributed by atoms with Crippen LogP contribution in [-0.4, -0.2) is 12.5 Å². The maximum Gasteiger partial charge on any atom is 0.237 e. The summed E-state index contributed by atoms with van der Waals surface area (Å²) in [6.07, 6.45) is 1.92. The van der Waals surface area contributed by atoms with Crippen LogP contribution in [0.5, 0.6) is 0 Å². The fourth-order valence-corrected chi connectivity index (χ4v) is 0.976. The van der Waals surface area contributed by atoms with Crippen molar-refractivity contribution in [3.63, 3.8) is 0 Å². The number of carbonyl (C=O) groups is 1. The summed E-state index contributed by atoms with van der Waals surface area (Å²) in [6.45, 7) is 8.18. The van der Waals surface area contributed by atoms with Crippen LogP contribution in [0.1, 0.15) is 27.7 Å². The molecule has 78 valence electrons. The predicted octanol–water partition coefficient (Wildman–Crippen LogP) is 1.86. The molecule has 1 atom stereocenters. The number of rotatable bonds is 4. The molecule has 0 radical (unpaired) electrons. The molecule has 0 saturated carbocycles. The zero-order chi connectivity index (χ0) is 11.1. The van der Waals surface area contributed by atoms with Crippen molar-refractivity contribution in [2.24, 2.45) is 11.8 Å². The van der Waals surface area contributed by atoms with Gasteiger partial charge in [-0.3, -0.25) is 4.79 Å². The first-order valence-corrected chi connectivity index (χ1v) is 4.79. The summed E-state index contributed by atoms with van der Waals surface area (Å²) < 4.78 is 0. The van der Waals surface area contributed by atoms with Gasteiger partial charge < -0.3 is 5.32 Å². The molecule has 1 amide bonds. The van der Waals surface area contributed by atoms with Crippen molar-refractivity contribution in [3.05, 3.63) is 11.6 Å². The number of nitrogens with zero attached hydrogens (tertiary/aromatic N) is 1. The van der Waals surface area contributed by atoms with Crippen LogP contribution >= 0.6 is 0 Å². The van der Waals surface area contributed by atoms with E-state index in [-0.39, 0.29) is 11.8 Å². The van der Waals surface area contributed by atoms with Crippen molar-refractivity contribution in [1.29, 1.82) is 5.26 Å². The fraction of sp³-hybridized carbons (Fsp3) is 0.636. The zero-order valence-electron chi connectivity index (χ0n) is 9.29. The Morgan fingerprint density at radius 3 is 2.43 bits per heavy atom. The van der Waals surface area contributed by atoms with Crippen LogP contribution in [-0.2, 0) is 4.79 Å². The van der Waals surface area contributed by atoms with Gasteiger partial charge in [0.05, 0.1) is 6.07 Å². The number of hydrogen-bond acceptors (Lipinski definition) is 2. The molecule has 0 aromatic rings. The molecule has 3 nitrogen and oxygen atoms in total. The highest BCUT2D eigenvalue weighted by atomic mass is 16.1. The summed E-state index contributed by atoms with van der Waals surface area (Å²) in [6, 6.07) is 2.01. The number of allylic oxidation sites excluding steroid dienone is 1. The van der Waals surface area contributed by atoms with E-state index in [1.54, 1.807) is 0 Å². The van der Waals surface area contributed by atoms with E-state index in [0.29, 0.717) is 6.54 Å². The first kappa shape index (κ1) is 12.7. The summed E-state index contributed by atoms with van der Waals surface area (Å²) in [4.78, 5) is 11.4. The van der Waals surface area contributed by atoms with Gasteiger partial charge in [0.15, 0.2) is 0 Å². The first-order valence-electron chi connectivity index (χ1n) is 4.79. The molecule has 0 aromatic heterocycles. The normalized spacial score (nSPS) is 11.7. The molecule has 0 aliphatic rings. The number of amides is 1. The Labute approximate surface area is 85.8 Å². The van der Waals surface area contributed by atoms with Gasteiger partial charge in [-0.25, -0.2) is 0 Å². The zero-order valence-corrected chi connectivity index (χ0v) is 9.29. The van der Waals surface area contributed by atoms with Crippen LogP contribution in [0.3, 0.4) is 0 Å². The maximum absolute atomic E-state index is 11.4. The first-order chi connectivity index (χ1) is 6.49. The fourth-order valence-electron chi connectivity index (χ4n) is 0.976. The predicted molar refractivity (Wildman–Crippen MR) is 56.4 cm³/mol. The van der Waals surface area contributed by atoms with Crippen molar-refractivity contribution in [1.82, 2.24) is 5.32 Å². The second-order valence-corrected chi connectivity index (χ2v) is 3.88. The number of hydrogen-bond donors (Lipinski definition) is 1. The number of carbonyl (C=O) groups excluding carboxylic acids is 1. The highest BCUT2D eigenvalue weighted by Crippen LogP contribution is 2.08. The van der Waals surface area contributed by atoms with E-state index in [9.17, 15) is 4.79 Å². The monoisotopic (exact) mass is 194 g/mol. The Bertz CT molecular complexity index is 257. The Morgan fingerprint density at radius 2 is 2.07 bits per heavy atom. The van der Waals surface area contributed by atoms with Gasteiger partial charge in [-0.2, -0.15) is 5.26 Å². The lowest BCUT2D eigenvalue weighted by Gasteiger charge is -2.11. The summed E-state index contributed by atoms with van der Waals surface area (Å²) >= 11 is 0. The van der Waals surface area contributed by atoms with Crippen LogP contribution in [0.4, 0.5) is 0 Å². The molecule has 0 fully saturated rings. The van der Waals surface area contributed by atoms with Gasteiger partial charge in [-0.15, -0.1) is 0 Å². The minimum absolute atomic E-state index is 0.0618. The van der Waals surface area contributed by atoms with Gasteiger partial charge in [-0.05, 0) is 19.8 Å². The number of nitrogens with one attached hydrogen (secondary N) is 1. The lowest BCUT2D eigenvalue weighted by Crippen LogP contribution is -2.32. The van der Waals surface area contributed by atoms with Crippen molar-refractivity contribution in [2.45, 2.75) is 27.7 Å². The molecule has 0 saturated heterocycles. The van der Waals surface area contributed by atoms with E-state index < -0.39 is 5.92 Å². The van der Waals surface area contributed by atoms with Crippen LogP contribution in [0.2, 0.25) is 0 Å². The van der Waals surface area contributed by atoms with Gasteiger partial charge in [-0.1, -0.05) is 25.5 Å². The molecular weight excluding hydrogens is 176 g/mol. The molecule has 0 rings (SSSR count). The largest absolute Gasteiger partial charge is 0.351 e. The molecule has 0 spiro atoms. The Hall–Kier alpha value is -1.30. The van der Waals surface area contributed by atoms with E-state index in [1.165, 1.54) is 0 Å². The third-order valence-electron chi connectivity index (χ3n) is 1.87. The van der Waals surface area contributed by atoms with Gasteiger partial charge in [0.1, 0.15) is 5.92 Å². The van der Waals surface area contributed by atoms with E-state index in [2.05, 4.69) is 5.32 Å². The topological polar surface area (TPSA) is 52.9 Å². The molecule has 1 N–H and O–H groups in total. The molecule has 3 heteroatoms. The minimum atomic E-state index is -0.541. The Kier molecular flexibility index (Phi) is 5.62. The molecular formula is C11H18N2O. The van der Waals surface area contributed by atoms with Crippen LogP contribution in [0, 0.1) is 23.2 Å². The molecule has 0 bridgehead atoms. The van der Waals surface area contributed by atoms with E-state index in [1.807, 2.05) is 39.8 Å². The highest BCUT2D eigenvalue weighted by molar-refractivity contribution is 5.81. The van der Waals surface area contributed by atoms with E-state index >= 15 is 0 Å². The van der Waals surface area contributed by atoms with Crippen molar-refractivity contribution < 1.29 is 4.79 Å². The molecule has 0 heterocycles. The van der Waals surface area contributed by atoms with Crippen LogP contribution < -0.4 is 5.32 Å². The van der Waals surface area contributed by atoms with E-state index in [0.717, 1.165) is 5.57 Å². The molecule has 0 aliphatic carbocycles. The molecule has 1 unspecified atom stereocenters. The lowest BCUT2D eigenvalue weighted by molar-refractivity contribution is -0.124. The standard InChI is InChI=1S/C11H18N2O/c1-8(2)5-6-13-11(14)10(7-12)9(3)4/h5,9-10H,6H2,1-4H3,(H,13,14). The maximum atomic E-state index is 11.4. The van der Waals surface area contributed by atoms with Gasteiger partial charge in [0, 0.05) is 6.54 Å². The Balaban J connectivity index is 4.08. The number of nitriles is 1. The smallest absolute Gasteiger partial charge is 0.237 e. The van der Waals surface area contributed by atoms with Crippen LogP contribution in [0.15, 0.2) is 11.6 Å². The molecule has 0 aromatic carbocycles. The van der Waals surface area contributed by atoms with E-state index in [4.69, 9.17) is 5.26 Å². The summed E-state index contributed by atoms with van der Waals surface area (Å²) in [5.41, 5.74) is 1.16. The third-order valence-corrected chi connectivity index (χ3v) is 1.87. The van der Waals surface area contributed by atoms with Crippen LogP contribution in [0.25, 0.3) is 0 Å². The minimum Gasteiger partial charge on any atom is -0.351 e. The second kappa shape index (κ2) is 6.20. The van der Waals surface area contributed by atoms with Gasteiger partial charge in [0.25, 0.3) is 0 Å². The lowest BCUT2D eigenvalue weighted by atomic mass is 9.97. The summed E-state index contributed by atoms with van der Waals surface area (Å²) in [7, 11) is 0. The summed E-state index contributed by atoms with van der Waals surface area (Å²) in [5.74, 6) is -0.660. The quantitative estimate of drug-likeness (QED) is 0.694. The Morgan fingerprint density at radius 1 is 1.50 bits per heavy atom. The average molecular weight is 194 g/mol. The van der Waals surface area contributed by atoms with Crippen molar-refractivity contribution in [2.75, 3.05) is 6.54 Å². The highest BCUT2D eigenvalue weighted by Gasteiger charge is 2.20. The van der Waals surface area contributed by atoms with Crippen molar-refractivity contribution >= 4 is 5.91 Å². The average Bonchev–Trinajstić information content (AvgIpc) is 2.03. The third kappa shape index (κ3) is 4.66. The van der Waals surface area contributed by atoms with Gasteiger partial charge >= 0.3 is 0 Å². The molecule has 14 heavy (non-hydrogen) atoms. The second-order valence-electron chi connectivity index (χ2n) is 3.88. The van der Waals surface area contributed by atoms with Crippen molar-refractivity contribution in [3.8, 4) is 6.07 Å².